The highest BCUT2D eigenvalue weighted by atomic mass is 35.5. The van der Waals surface area contributed by atoms with Gasteiger partial charge in [-0.3, -0.25) is 9.59 Å². The zero-order valence-electron chi connectivity index (χ0n) is 17.0. The maximum absolute atomic E-state index is 13.1. The number of aromatic nitrogens is 1. The van der Waals surface area contributed by atoms with Crippen molar-refractivity contribution in [1.82, 2.24) is 15.2 Å². The SMILES string of the molecule is COCCCNC(=O)c1csc(CN(CCCOC)C(=O)c2ccc(Cl)cc2Cl)n1. The predicted octanol–water partition coefficient (Wildman–Crippen LogP) is 3.90. The van der Waals surface area contributed by atoms with Crippen LogP contribution in [0.1, 0.15) is 38.7 Å². The number of methoxy groups -OCH3 is 2. The van der Waals surface area contributed by atoms with Gasteiger partial charge in [0.25, 0.3) is 11.8 Å². The molecule has 0 atom stereocenters. The van der Waals surface area contributed by atoms with E-state index in [0.29, 0.717) is 59.0 Å². The Labute approximate surface area is 190 Å². The predicted molar refractivity (Wildman–Crippen MR) is 119 cm³/mol. The molecule has 0 saturated heterocycles. The average Bonchev–Trinajstić information content (AvgIpc) is 3.19. The fourth-order valence-corrected chi connectivity index (χ4v) is 3.92. The van der Waals surface area contributed by atoms with Crippen molar-refractivity contribution in [3.05, 3.63) is 49.9 Å². The molecule has 2 amide bonds. The van der Waals surface area contributed by atoms with Crippen LogP contribution in [0.25, 0.3) is 0 Å². The third kappa shape index (κ3) is 7.52. The highest BCUT2D eigenvalue weighted by Crippen LogP contribution is 2.23. The topological polar surface area (TPSA) is 80.8 Å². The van der Waals surface area contributed by atoms with Crippen LogP contribution < -0.4 is 5.32 Å². The fraction of sp³-hybridized carbons (Fsp3) is 0.450. The van der Waals surface area contributed by atoms with Gasteiger partial charge in [-0.25, -0.2) is 4.98 Å². The smallest absolute Gasteiger partial charge is 0.270 e. The molecular formula is C20H25Cl2N3O4S. The van der Waals surface area contributed by atoms with Gasteiger partial charge in [0, 0.05) is 50.9 Å². The second-order valence-electron chi connectivity index (χ2n) is 6.43. The van der Waals surface area contributed by atoms with Gasteiger partial charge in [0.2, 0.25) is 0 Å². The van der Waals surface area contributed by atoms with Gasteiger partial charge >= 0.3 is 0 Å². The van der Waals surface area contributed by atoms with E-state index < -0.39 is 0 Å². The van der Waals surface area contributed by atoms with Crippen LogP contribution in [-0.4, -0.2) is 62.2 Å². The van der Waals surface area contributed by atoms with E-state index in [2.05, 4.69) is 10.3 Å². The van der Waals surface area contributed by atoms with E-state index in [1.807, 2.05) is 0 Å². The molecule has 0 fully saturated rings. The van der Waals surface area contributed by atoms with Crippen LogP contribution in [-0.2, 0) is 16.0 Å². The van der Waals surface area contributed by atoms with E-state index in [-0.39, 0.29) is 18.4 Å². The Bertz CT molecular complexity index is 847. The minimum Gasteiger partial charge on any atom is -0.385 e. The molecule has 0 unspecified atom stereocenters. The largest absolute Gasteiger partial charge is 0.385 e. The summed E-state index contributed by atoms with van der Waals surface area (Å²) in [6.07, 6.45) is 1.38. The Morgan fingerprint density at radius 2 is 1.90 bits per heavy atom. The molecule has 1 aromatic carbocycles. The summed E-state index contributed by atoms with van der Waals surface area (Å²) in [7, 11) is 3.23. The number of hydrogen-bond donors (Lipinski definition) is 1. The zero-order chi connectivity index (χ0) is 21.9. The van der Waals surface area contributed by atoms with Gasteiger partial charge in [-0.2, -0.15) is 0 Å². The minimum atomic E-state index is -0.244. The standard InChI is InChI=1S/C20H25Cl2N3O4S/c1-28-9-3-7-23-19(26)17-13-30-18(24-17)12-25(8-4-10-29-2)20(27)15-6-5-14(21)11-16(15)22/h5-6,11,13H,3-4,7-10,12H2,1-2H3,(H,23,26). The number of amides is 2. The molecule has 0 bridgehead atoms. The van der Waals surface area contributed by atoms with Crippen molar-refractivity contribution in [3.63, 3.8) is 0 Å². The summed E-state index contributed by atoms with van der Waals surface area (Å²) >= 11 is 13.5. The van der Waals surface area contributed by atoms with E-state index in [1.54, 1.807) is 42.7 Å². The van der Waals surface area contributed by atoms with Gasteiger partial charge in [0.05, 0.1) is 17.1 Å². The molecule has 0 spiro atoms. The number of benzene rings is 1. The maximum Gasteiger partial charge on any atom is 0.270 e. The summed E-state index contributed by atoms with van der Waals surface area (Å²) in [4.78, 5) is 31.3. The molecule has 0 aliphatic heterocycles. The van der Waals surface area contributed by atoms with Crippen LogP contribution in [0.2, 0.25) is 10.0 Å². The van der Waals surface area contributed by atoms with E-state index >= 15 is 0 Å². The normalized spacial score (nSPS) is 10.8. The van der Waals surface area contributed by atoms with E-state index in [0.717, 1.165) is 6.42 Å². The molecule has 2 rings (SSSR count). The summed E-state index contributed by atoms with van der Waals surface area (Å²) in [6, 6.07) is 4.78. The molecule has 1 N–H and O–H groups in total. The zero-order valence-corrected chi connectivity index (χ0v) is 19.3. The van der Waals surface area contributed by atoms with Crippen molar-refractivity contribution >= 4 is 46.4 Å². The summed E-state index contributed by atoms with van der Waals surface area (Å²) in [5, 5.41) is 5.90. The minimum absolute atomic E-state index is 0.228. The molecule has 1 aromatic heterocycles. The van der Waals surface area contributed by atoms with Crippen LogP contribution in [0, 0.1) is 0 Å². The summed E-state index contributed by atoms with van der Waals surface area (Å²) in [6.45, 7) is 2.34. The maximum atomic E-state index is 13.1. The van der Waals surface area contributed by atoms with Crippen LogP contribution in [0.3, 0.4) is 0 Å². The molecule has 30 heavy (non-hydrogen) atoms. The lowest BCUT2D eigenvalue weighted by Crippen LogP contribution is -2.32. The van der Waals surface area contributed by atoms with E-state index in [4.69, 9.17) is 32.7 Å². The van der Waals surface area contributed by atoms with Crippen molar-refractivity contribution in [1.29, 1.82) is 0 Å². The first-order valence-corrected chi connectivity index (χ1v) is 11.0. The third-order valence-electron chi connectivity index (χ3n) is 4.15. The lowest BCUT2D eigenvalue weighted by atomic mass is 10.2. The molecule has 0 aliphatic carbocycles. The number of ether oxygens (including phenoxy) is 2. The van der Waals surface area contributed by atoms with Crippen LogP contribution in [0.4, 0.5) is 0 Å². The van der Waals surface area contributed by atoms with Crippen molar-refractivity contribution < 1.29 is 19.1 Å². The van der Waals surface area contributed by atoms with Crippen molar-refractivity contribution in [2.75, 3.05) is 40.5 Å². The molecule has 2 aromatic rings. The Morgan fingerprint density at radius 1 is 1.17 bits per heavy atom. The van der Waals surface area contributed by atoms with Gasteiger partial charge in [0.15, 0.2) is 0 Å². The Kier molecular flexibility index (Phi) is 10.5. The first-order chi connectivity index (χ1) is 14.5. The van der Waals surface area contributed by atoms with Crippen molar-refractivity contribution in [3.8, 4) is 0 Å². The van der Waals surface area contributed by atoms with Gasteiger partial charge < -0.3 is 19.7 Å². The fourth-order valence-electron chi connectivity index (χ4n) is 2.65. The van der Waals surface area contributed by atoms with Crippen LogP contribution in [0.5, 0.6) is 0 Å². The quantitative estimate of drug-likeness (QED) is 0.472. The monoisotopic (exact) mass is 473 g/mol. The highest BCUT2D eigenvalue weighted by Gasteiger charge is 2.21. The first-order valence-electron chi connectivity index (χ1n) is 9.41. The number of rotatable bonds is 12. The summed E-state index contributed by atoms with van der Waals surface area (Å²) in [5.41, 5.74) is 0.701. The second-order valence-corrected chi connectivity index (χ2v) is 8.21. The molecule has 0 radical (unpaired) electrons. The molecular weight excluding hydrogens is 449 g/mol. The number of hydrogen-bond acceptors (Lipinski definition) is 6. The number of carbonyl (C=O) groups is 2. The number of halogens is 2. The Morgan fingerprint density at radius 3 is 2.60 bits per heavy atom. The van der Waals surface area contributed by atoms with Gasteiger partial charge in [-0.05, 0) is 31.0 Å². The van der Waals surface area contributed by atoms with Gasteiger partial charge in [-0.15, -0.1) is 11.3 Å². The summed E-state index contributed by atoms with van der Waals surface area (Å²) in [5.74, 6) is -0.472. The van der Waals surface area contributed by atoms with E-state index in [1.165, 1.54) is 11.3 Å². The van der Waals surface area contributed by atoms with E-state index in [9.17, 15) is 9.59 Å². The average molecular weight is 474 g/mol. The molecule has 164 valence electrons. The Hall–Kier alpha value is -1.71. The van der Waals surface area contributed by atoms with Crippen molar-refractivity contribution in [2.45, 2.75) is 19.4 Å². The number of carbonyl (C=O) groups excluding carboxylic acids is 2. The van der Waals surface area contributed by atoms with Gasteiger partial charge in [0.1, 0.15) is 10.7 Å². The number of thiazole rings is 1. The molecule has 10 heteroatoms. The second kappa shape index (κ2) is 12.9. The van der Waals surface area contributed by atoms with Crippen LogP contribution >= 0.6 is 34.5 Å². The third-order valence-corrected chi connectivity index (χ3v) is 5.53. The Balaban J connectivity index is 2.08. The van der Waals surface area contributed by atoms with Gasteiger partial charge in [-0.1, -0.05) is 23.2 Å². The molecule has 0 aliphatic rings. The highest BCUT2D eigenvalue weighted by molar-refractivity contribution is 7.09. The lowest BCUT2D eigenvalue weighted by molar-refractivity contribution is 0.0723. The molecule has 1 heterocycles. The number of nitrogens with zero attached hydrogens (tertiary/aromatic N) is 2. The molecule has 7 nitrogen and oxygen atoms in total. The number of nitrogens with one attached hydrogen (secondary N) is 1. The first kappa shape index (κ1) is 24.6. The van der Waals surface area contributed by atoms with Crippen molar-refractivity contribution in [2.24, 2.45) is 0 Å². The molecule has 0 saturated carbocycles. The lowest BCUT2D eigenvalue weighted by Gasteiger charge is -2.22. The van der Waals surface area contributed by atoms with Crippen LogP contribution in [0.15, 0.2) is 23.6 Å². The summed E-state index contributed by atoms with van der Waals surface area (Å²) < 4.78 is 10.1.